The van der Waals surface area contributed by atoms with Gasteiger partial charge in [0, 0.05) is 19.8 Å². The summed E-state index contributed by atoms with van der Waals surface area (Å²) in [6.07, 6.45) is 2.96. The molecule has 1 atom stereocenters. The number of hydrogen-bond donors (Lipinski definition) is 1. The molecule has 0 aromatic rings. The monoisotopic (exact) mass is 245 g/mol. The van der Waals surface area contributed by atoms with Crippen molar-refractivity contribution in [3.8, 4) is 0 Å². The normalized spacial score (nSPS) is 16.8. The molecular weight excluding hydrogens is 222 g/mol. The van der Waals surface area contributed by atoms with Crippen molar-refractivity contribution < 1.29 is 19.0 Å². The van der Waals surface area contributed by atoms with E-state index in [1.54, 1.807) is 7.11 Å². The van der Waals surface area contributed by atoms with Crippen molar-refractivity contribution >= 4 is 5.97 Å². The molecule has 0 radical (unpaired) electrons. The summed E-state index contributed by atoms with van der Waals surface area (Å²) in [7, 11) is 1.64. The van der Waals surface area contributed by atoms with E-state index in [1.807, 2.05) is 6.92 Å². The number of ether oxygens (including phenoxy) is 3. The van der Waals surface area contributed by atoms with Gasteiger partial charge in [-0.15, -0.1) is 0 Å². The molecule has 1 unspecified atom stereocenters. The SMILES string of the molecule is CCOC(=O)C(CCOCCOC)NC1CC1. The number of rotatable bonds is 10. The number of esters is 1. The lowest BCUT2D eigenvalue weighted by Crippen LogP contribution is -2.40. The number of hydrogen-bond acceptors (Lipinski definition) is 5. The van der Waals surface area contributed by atoms with Gasteiger partial charge in [-0.25, -0.2) is 0 Å². The van der Waals surface area contributed by atoms with Crippen molar-refractivity contribution in [2.45, 2.75) is 38.3 Å². The fraction of sp³-hybridized carbons (Fsp3) is 0.917. The lowest BCUT2D eigenvalue weighted by molar-refractivity contribution is -0.146. The predicted octanol–water partition coefficient (Wildman–Crippen LogP) is 0.723. The number of methoxy groups -OCH3 is 1. The molecule has 0 saturated heterocycles. The maximum atomic E-state index is 11.7. The molecule has 1 fully saturated rings. The zero-order valence-electron chi connectivity index (χ0n) is 10.7. The lowest BCUT2D eigenvalue weighted by atomic mass is 10.2. The summed E-state index contributed by atoms with van der Waals surface area (Å²) in [6, 6.07) is 0.258. The van der Waals surface area contributed by atoms with Crippen molar-refractivity contribution in [2.75, 3.05) is 33.5 Å². The minimum absolute atomic E-state index is 0.172. The molecule has 5 heteroatoms. The summed E-state index contributed by atoms with van der Waals surface area (Å²) in [5.74, 6) is -0.172. The van der Waals surface area contributed by atoms with Gasteiger partial charge in [-0.2, -0.15) is 0 Å². The van der Waals surface area contributed by atoms with Crippen LogP contribution < -0.4 is 5.32 Å². The van der Waals surface area contributed by atoms with Gasteiger partial charge < -0.3 is 19.5 Å². The van der Waals surface area contributed by atoms with Crippen LogP contribution in [0.3, 0.4) is 0 Å². The Labute approximate surface area is 103 Å². The third kappa shape index (κ3) is 6.61. The van der Waals surface area contributed by atoms with E-state index in [0.717, 1.165) is 12.8 Å². The minimum atomic E-state index is -0.231. The molecule has 0 amide bonds. The maximum Gasteiger partial charge on any atom is 0.323 e. The molecule has 0 aromatic carbocycles. The van der Waals surface area contributed by atoms with Gasteiger partial charge in [-0.1, -0.05) is 0 Å². The number of carbonyl (C=O) groups is 1. The molecule has 0 bridgehead atoms. The summed E-state index contributed by atoms with van der Waals surface area (Å²) in [5, 5.41) is 3.28. The van der Waals surface area contributed by atoms with Crippen LogP contribution in [0, 0.1) is 0 Å². The summed E-state index contributed by atoms with van der Waals surface area (Å²) >= 11 is 0. The quantitative estimate of drug-likeness (QED) is 0.454. The van der Waals surface area contributed by atoms with E-state index >= 15 is 0 Å². The second kappa shape index (κ2) is 8.44. The second-order valence-electron chi connectivity index (χ2n) is 4.14. The average molecular weight is 245 g/mol. The van der Waals surface area contributed by atoms with Crippen molar-refractivity contribution in [1.82, 2.24) is 5.32 Å². The van der Waals surface area contributed by atoms with Crippen molar-refractivity contribution in [3.05, 3.63) is 0 Å². The van der Waals surface area contributed by atoms with Crippen LogP contribution >= 0.6 is 0 Å². The molecule has 0 aliphatic heterocycles. The van der Waals surface area contributed by atoms with Gasteiger partial charge in [0.25, 0.3) is 0 Å². The zero-order valence-corrected chi connectivity index (χ0v) is 10.7. The van der Waals surface area contributed by atoms with E-state index in [2.05, 4.69) is 5.32 Å². The highest BCUT2D eigenvalue weighted by molar-refractivity contribution is 5.75. The first-order valence-electron chi connectivity index (χ1n) is 6.27. The van der Waals surface area contributed by atoms with Gasteiger partial charge in [0.1, 0.15) is 6.04 Å². The molecule has 0 spiro atoms. The topological polar surface area (TPSA) is 56.8 Å². The summed E-state index contributed by atoms with van der Waals surface area (Å²) in [6.45, 7) is 3.94. The maximum absolute atomic E-state index is 11.7. The molecule has 0 aromatic heterocycles. The second-order valence-corrected chi connectivity index (χ2v) is 4.14. The lowest BCUT2D eigenvalue weighted by Gasteiger charge is -2.16. The number of nitrogens with one attached hydrogen (secondary N) is 1. The van der Waals surface area contributed by atoms with Gasteiger partial charge in [-0.3, -0.25) is 4.79 Å². The van der Waals surface area contributed by atoms with E-state index in [9.17, 15) is 4.79 Å². The Hall–Kier alpha value is -0.650. The highest BCUT2D eigenvalue weighted by atomic mass is 16.5. The molecule has 1 saturated carbocycles. The highest BCUT2D eigenvalue weighted by Crippen LogP contribution is 2.20. The van der Waals surface area contributed by atoms with Gasteiger partial charge >= 0.3 is 5.97 Å². The Bertz CT molecular complexity index is 219. The predicted molar refractivity (Wildman–Crippen MR) is 63.9 cm³/mol. The van der Waals surface area contributed by atoms with E-state index < -0.39 is 0 Å². The molecule has 1 rings (SSSR count). The van der Waals surface area contributed by atoms with Crippen molar-refractivity contribution in [1.29, 1.82) is 0 Å². The van der Waals surface area contributed by atoms with E-state index in [1.165, 1.54) is 0 Å². The Morgan fingerprint density at radius 1 is 1.35 bits per heavy atom. The number of carbonyl (C=O) groups excluding carboxylic acids is 1. The smallest absolute Gasteiger partial charge is 0.323 e. The molecule has 1 N–H and O–H groups in total. The van der Waals surface area contributed by atoms with Crippen LogP contribution in [0.1, 0.15) is 26.2 Å². The van der Waals surface area contributed by atoms with Crippen LogP contribution in [0.15, 0.2) is 0 Å². The molecule has 1 aliphatic rings. The Morgan fingerprint density at radius 2 is 2.12 bits per heavy atom. The Balaban J connectivity index is 2.17. The van der Waals surface area contributed by atoms with Gasteiger partial charge in [-0.05, 0) is 26.2 Å². The third-order valence-electron chi connectivity index (χ3n) is 2.57. The van der Waals surface area contributed by atoms with Crippen LogP contribution in [0.4, 0.5) is 0 Å². The molecule has 0 heterocycles. The summed E-state index contributed by atoms with van der Waals surface area (Å²) < 4.78 is 15.3. The van der Waals surface area contributed by atoms with Crippen LogP contribution in [0.5, 0.6) is 0 Å². The first-order valence-corrected chi connectivity index (χ1v) is 6.27. The van der Waals surface area contributed by atoms with Gasteiger partial charge in [0.05, 0.1) is 19.8 Å². The van der Waals surface area contributed by atoms with Crippen molar-refractivity contribution in [3.63, 3.8) is 0 Å². The first kappa shape index (κ1) is 14.4. The van der Waals surface area contributed by atoms with E-state index in [-0.39, 0.29) is 12.0 Å². The Kier molecular flexibility index (Phi) is 7.16. The largest absolute Gasteiger partial charge is 0.465 e. The molecule has 17 heavy (non-hydrogen) atoms. The van der Waals surface area contributed by atoms with E-state index in [4.69, 9.17) is 14.2 Å². The van der Waals surface area contributed by atoms with Crippen molar-refractivity contribution in [2.24, 2.45) is 0 Å². The van der Waals surface area contributed by atoms with Crippen LogP contribution in [0.25, 0.3) is 0 Å². The molecule has 100 valence electrons. The van der Waals surface area contributed by atoms with Crippen LogP contribution in [-0.2, 0) is 19.0 Å². The summed E-state index contributed by atoms with van der Waals surface area (Å²) in [5.41, 5.74) is 0. The van der Waals surface area contributed by atoms with E-state index in [0.29, 0.717) is 38.9 Å². The molecule has 5 nitrogen and oxygen atoms in total. The van der Waals surface area contributed by atoms with Gasteiger partial charge in [0.15, 0.2) is 0 Å². The third-order valence-corrected chi connectivity index (χ3v) is 2.57. The minimum Gasteiger partial charge on any atom is -0.465 e. The first-order chi connectivity index (χ1) is 8.27. The Morgan fingerprint density at radius 3 is 2.71 bits per heavy atom. The fourth-order valence-corrected chi connectivity index (χ4v) is 1.49. The fourth-order valence-electron chi connectivity index (χ4n) is 1.49. The molecule has 1 aliphatic carbocycles. The zero-order chi connectivity index (χ0) is 12.5. The standard InChI is InChI=1S/C12H23NO4/c1-3-17-12(14)11(13-10-4-5-10)6-7-16-9-8-15-2/h10-11,13H,3-9H2,1-2H3. The summed E-state index contributed by atoms with van der Waals surface area (Å²) in [4.78, 5) is 11.7. The highest BCUT2D eigenvalue weighted by Gasteiger charge is 2.28. The van der Waals surface area contributed by atoms with Crippen LogP contribution in [0.2, 0.25) is 0 Å². The van der Waals surface area contributed by atoms with Gasteiger partial charge in [0.2, 0.25) is 0 Å². The van der Waals surface area contributed by atoms with Crippen LogP contribution in [-0.4, -0.2) is 51.6 Å². The average Bonchev–Trinajstić information content (AvgIpc) is 3.11. The molecular formula is C12H23NO4.